The van der Waals surface area contributed by atoms with E-state index in [-0.39, 0.29) is 6.04 Å². The average Bonchev–Trinajstić information content (AvgIpc) is 2.31. The normalized spacial score (nSPS) is 12.2. The molecule has 2 N–H and O–H groups in total. The highest BCUT2D eigenvalue weighted by Crippen LogP contribution is 2.21. The first-order chi connectivity index (χ1) is 8.11. The number of methoxy groups -OCH3 is 1. The van der Waals surface area contributed by atoms with Crippen molar-refractivity contribution in [1.29, 1.82) is 0 Å². The van der Waals surface area contributed by atoms with E-state index in [1.807, 2.05) is 6.07 Å². The standard InChI is InChI=1S/C12H19N3OS/c1-4-15(9(2)8-16-3)11-7-14-6-5-10(11)12(13)17/h5-7,9H,4,8H2,1-3H3,(H2,13,17). The van der Waals surface area contributed by atoms with Gasteiger partial charge in [0, 0.05) is 31.5 Å². The van der Waals surface area contributed by atoms with Crippen LogP contribution in [0, 0.1) is 0 Å². The fourth-order valence-electron chi connectivity index (χ4n) is 1.87. The Kier molecular flexibility index (Phi) is 5.31. The number of hydrogen-bond acceptors (Lipinski definition) is 4. The average molecular weight is 253 g/mol. The van der Waals surface area contributed by atoms with E-state index >= 15 is 0 Å². The van der Waals surface area contributed by atoms with Gasteiger partial charge in [0.2, 0.25) is 0 Å². The molecule has 1 aromatic heterocycles. The molecular weight excluding hydrogens is 234 g/mol. The van der Waals surface area contributed by atoms with Gasteiger partial charge in [-0.05, 0) is 19.9 Å². The lowest BCUT2D eigenvalue weighted by Gasteiger charge is -2.30. The Hall–Kier alpha value is -1.20. The van der Waals surface area contributed by atoms with Crippen molar-refractivity contribution in [3.8, 4) is 0 Å². The highest BCUT2D eigenvalue weighted by molar-refractivity contribution is 7.80. The zero-order chi connectivity index (χ0) is 12.8. The van der Waals surface area contributed by atoms with Crippen molar-refractivity contribution >= 4 is 22.9 Å². The summed E-state index contributed by atoms with van der Waals surface area (Å²) in [5.41, 5.74) is 7.55. The number of nitrogens with two attached hydrogens (primary N) is 1. The van der Waals surface area contributed by atoms with Crippen LogP contribution >= 0.6 is 12.2 Å². The Labute approximate surface area is 108 Å². The quantitative estimate of drug-likeness (QED) is 0.780. The molecule has 0 spiro atoms. The molecule has 1 unspecified atom stereocenters. The van der Waals surface area contributed by atoms with Crippen molar-refractivity contribution in [3.05, 3.63) is 24.0 Å². The van der Waals surface area contributed by atoms with Crippen LogP contribution in [0.1, 0.15) is 19.4 Å². The van der Waals surface area contributed by atoms with Crippen LogP contribution in [0.15, 0.2) is 18.5 Å². The molecule has 0 aliphatic heterocycles. The summed E-state index contributed by atoms with van der Waals surface area (Å²) in [6.07, 6.45) is 3.50. The minimum Gasteiger partial charge on any atom is -0.389 e. The Morgan fingerprint density at radius 3 is 2.88 bits per heavy atom. The summed E-state index contributed by atoms with van der Waals surface area (Å²) in [5.74, 6) is 0. The monoisotopic (exact) mass is 253 g/mol. The third-order valence-electron chi connectivity index (χ3n) is 2.66. The number of nitrogens with zero attached hydrogens (tertiary/aromatic N) is 2. The molecule has 0 fully saturated rings. The number of ether oxygens (including phenoxy) is 1. The molecule has 1 heterocycles. The summed E-state index contributed by atoms with van der Waals surface area (Å²) >= 11 is 5.06. The van der Waals surface area contributed by atoms with Gasteiger partial charge in [-0.1, -0.05) is 12.2 Å². The zero-order valence-corrected chi connectivity index (χ0v) is 11.3. The van der Waals surface area contributed by atoms with E-state index in [0.29, 0.717) is 11.6 Å². The maximum absolute atomic E-state index is 5.73. The Balaban J connectivity index is 3.06. The SMILES string of the molecule is CCN(c1cnccc1C(N)=S)C(C)COC. The topological polar surface area (TPSA) is 51.4 Å². The largest absolute Gasteiger partial charge is 0.389 e. The Morgan fingerprint density at radius 2 is 2.35 bits per heavy atom. The van der Waals surface area contributed by atoms with Gasteiger partial charge in [-0.2, -0.15) is 0 Å². The van der Waals surface area contributed by atoms with Crippen molar-refractivity contribution < 1.29 is 4.74 Å². The van der Waals surface area contributed by atoms with Crippen LogP contribution in [0.4, 0.5) is 5.69 Å². The molecule has 0 aliphatic rings. The van der Waals surface area contributed by atoms with Crippen LogP contribution in [-0.4, -0.2) is 36.3 Å². The summed E-state index contributed by atoms with van der Waals surface area (Å²) in [6.45, 7) is 5.69. The highest BCUT2D eigenvalue weighted by Gasteiger charge is 2.17. The number of rotatable bonds is 6. The summed E-state index contributed by atoms with van der Waals surface area (Å²) < 4.78 is 5.18. The van der Waals surface area contributed by atoms with Crippen molar-refractivity contribution in [2.24, 2.45) is 5.73 Å². The number of hydrogen-bond donors (Lipinski definition) is 1. The van der Waals surface area contributed by atoms with E-state index in [9.17, 15) is 0 Å². The molecule has 1 aromatic rings. The molecule has 0 aromatic carbocycles. The summed E-state index contributed by atoms with van der Waals surface area (Å²) in [5, 5.41) is 0. The molecule has 0 saturated carbocycles. The molecule has 1 rings (SSSR count). The molecule has 17 heavy (non-hydrogen) atoms. The van der Waals surface area contributed by atoms with Crippen molar-refractivity contribution in [1.82, 2.24) is 4.98 Å². The molecule has 0 bridgehead atoms. The first-order valence-corrected chi connectivity index (χ1v) is 6.02. The van der Waals surface area contributed by atoms with Gasteiger partial charge in [0.05, 0.1) is 18.5 Å². The van der Waals surface area contributed by atoms with Crippen LogP contribution < -0.4 is 10.6 Å². The molecular formula is C12H19N3OS. The maximum Gasteiger partial charge on any atom is 0.106 e. The van der Waals surface area contributed by atoms with E-state index in [4.69, 9.17) is 22.7 Å². The fourth-order valence-corrected chi connectivity index (χ4v) is 2.05. The van der Waals surface area contributed by atoms with E-state index in [0.717, 1.165) is 17.8 Å². The molecule has 0 saturated heterocycles. The van der Waals surface area contributed by atoms with Gasteiger partial charge in [-0.15, -0.1) is 0 Å². The molecule has 94 valence electrons. The zero-order valence-electron chi connectivity index (χ0n) is 10.5. The van der Waals surface area contributed by atoms with E-state index in [1.165, 1.54) is 0 Å². The van der Waals surface area contributed by atoms with Crippen LogP contribution in [0.5, 0.6) is 0 Å². The highest BCUT2D eigenvalue weighted by atomic mass is 32.1. The number of aromatic nitrogens is 1. The van der Waals surface area contributed by atoms with Gasteiger partial charge in [-0.25, -0.2) is 0 Å². The predicted octanol–water partition coefficient (Wildman–Crippen LogP) is 1.58. The van der Waals surface area contributed by atoms with Crippen LogP contribution in [0.25, 0.3) is 0 Å². The van der Waals surface area contributed by atoms with Gasteiger partial charge >= 0.3 is 0 Å². The van der Waals surface area contributed by atoms with Crippen molar-refractivity contribution in [2.75, 3.05) is 25.2 Å². The maximum atomic E-state index is 5.73. The second kappa shape index (κ2) is 6.51. The van der Waals surface area contributed by atoms with E-state index in [1.54, 1.807) is 19.5 Å². The lowest BCUT2D eigenvalue weighted by molar-refractivity contribution is 0.182. The number of thiocarbonyl (C=S) groups is 1. The summed E-state index contributed by atoms with van der Waals surface area (Å²) in [6, 6.07) is 2.10. The predicted molar refractivity (Wildman–Crippen MR) is 74.5 cm³/mol. The first kappa shape index (κ1) is 13.9. The van der Waals surface area contributed by atoms with Crippen molar-refractivity contribution in [3.63, 3.8) is 0 Å². The molecule has 0 amide bonds. The van der Waals surface area contributed by atoms with Gasteiger partial charge in [0.15, 0.2) is 0 Å². The van der Waals surface area contributed by atoms with Crippen molar-refractivity contribution in [2.45, 2.75) is 19.9 Å². The fraction of sp³-hybridized carbons (Fsp3) is 0.500. The number of pyridine rings is 1. The van der Waals surface area contributed by atoms with Gasteiger partial charge < -0.3 is 15.4 Å². The lowest BCUT2D eigenvalue weighted by Crippen LogP contribution is -2.37. The second-order valence-corrected chi connectivity index (χ2v) is 4.29. The van der Waals surface area contributed by atoms with Gasteiger partial charge in [0.25, 0.3) is 0 Å². The Bertz CT molecular complexity index is 384. The third-order valence-corrected chi connectivity index (χ3v) is 2.88. The lowest BCUT2D eigenvalue weighted by atomic mass is 10.1. The van der Waals surface area contributed by atoms with Crippen LogP contribution in [0.3, 0.4) is 0 Å². The molecule has 0 radical (unpaired) electrons. The Morgan fingerprint density at radius 1 is 1.65 bits per heavy atom. The minimum atomic E-state index is 0.252. The molecule has 4 nitrogen and oxygen atoms in total. The molecule has 5 heteroatoms. The van der Waals surface area contributed by atoms with Crippen LogP contribution in [0.2, 0.25) is 0 Å². The minimum absolute atomic E-state index is 0.252. The summed E-state index contributed by atoms with van der Waals surface area (Å²) in [7, 11) is 1.70. The van der Waals surface area contributed by atoms with Gasteiger partial charge in [0.1, 0.15) is 4.99 Å². The van der Waals surface area contributed by atoms with Gasteiger partial charge in [-0.3, -0.25) is 4.98 Å². The number of likely N-dealkylation sites (N-methyl/N-ethyl adjacent to an activating group) is 1. The third kappa shape index (κ3) is 3.38. The van der Waals surface area contributed by atoms with E-state index < -0.39 is 0 Å². The summed E-state index contributed by atoms with van der Waals surface area (Å²) in [4.78, 5) is 6.72. The number of anilines is 1. The smallest absolute Gasteiger partial charge is 0.106 e. The first-order valence-electron chi connectivity index (χ1n) is 5.61. The van der Waals surface area contributed by atoms with Crippen LogP contribution in [-0.2, 0) is 4.74 Å². The molecule has 1 atom stereocenters. The van der Waals surface area contributed by atoms with E-state index in [2.05, 4.69) is 23.7 Å². The second-order valence-electron chi connectivity index (χ2n) is 3.85. The molecule has 0 aliphatic carbocycles.